The van der Waals surface area contributed by atoms with E-state index in [2.05, 4.69) is 4.98 Å². The third-order valence-electron chi connectivity index (χ3n) is 3.52. The quantitative estimate of drug-likeness (QED) is 0.749. The van der Waals surface area contributed by atoms with Gasteiger partial charge in [-0.3, -0.25) is 9.78 Å². The maximum atomic E-state index is 12.1. The Hall–Kier alpha value is -2.46. The Balaban J connectivity index is 1.93. The van der Waals surface area contributed by atoms with Gasteiger partial charge in [-0.2, -0.15) is 0 Å². The second-order valence-electron chi connectivity index (χ2n) is 5.19. The maximum absolute atomic E-state index is 12.1. The molecule has 0 saturated heterocycles. The third kappa shape index (κ3) is 3.40. The van der Waals surface area contributed by atoms with E-state index >= 15 is 0 Å². The molecule has 0 aliphatic heterocycles. The lowest BCUT2D eigenvalue weighted by atomic mass is 10.1. The van der Waals surface area contributed by atoms with Crippen LogP contribution in [0.4, 0.5) is 0 Å². The SMILES string of the molecule is O=c1[nH]c(=S)n(Cc2ccccc2)cc1Cc1ccccc1. The van der Waals surface area contributed by atoms with Crippen molar-refractivity contribution in [2.24, 2.45) is 0 Å². The van der Waals surface area contributed by atoms with Crippen LogP contribution in [0.2, 0.25) is 0 Å². The summed E-state index contributed by atoms with van der Waals surface area (Å²) >= 11 is 5.27. The highest BCUT2D eigenvalue weighted by Gasteiger charge is 2.05. The number of hydrogen-bond acceptors (Lipinski definition) is 2. The van der Waals surface area contributed by atoms with Gasteiger partial charge in [0.1, 0.15) is 0 Å². The fourth-order valence-corrected chi connectivity index (χ4v) is 2.60. The molecule has 4 heteroatoms. The van der Waals surface area contributed by atoms with Gasteiger partial charge in [0.25, 0.3) is 5.56 Å². The van der Waals surface area contributed by atoms with Crippen molar-refractivity contribution in [3.8, 4) is 0 Å². The normalized spacial score (nSPS) is 10.5. The molecule has 0 saturated carbocycles. The Morgan fingerprint density at radius 2 is 1.50 bits per heavy atom. The minimum Gasteiger partial charge on any atom is -0.320 e. The molecule has 0 unspecified atom stereocenters. The topological polar surface area (TPSA) is 37.8 Å². The first-order valence-electron chi connectivity index (χ1n) is 7.13. The van der Waals surface area contributed by atoms with Crippen molar-refractivity contribution in [2.75, 3.05) is 0 Å². The molecule has 0 atom stereocenters. The minimum absolute atomic E-state index is 0.113. The molecule has 0 aliphatic rings. The van der Waals surface area contributed by atoms with E-state index in [1.54, 1.807) is 0 Å². The summed E-state index contributed by atoms with van der Waals surface area (Å²) in [5, 5.41) is 0. The fourth-order valence-electron chi connectivity index (χ4n) is 2.39. The van der Waals surface area contributed by atoms with Gasteiger partial charge in [0, 0.05) is 24.7 Å². The van der Waals surface area contributed by atoms with Gasteiger partial charge in [-0.15, -0.1) is 0 Å². The smallest absolute Gasteiger partial charge is 0.255 e. The zero-order chi connectivity index (χ0) is 15.4. The third-order valence-corrected chi connectivity index (χ3v) is 3.85. The van der Waals surface area contributed by atoms with E-state index in [0.717, 1.165) is 16.7 Å². The van der Waals surface area contributed by atoms with Crippen LogP contribution >= 0.6 is 12.2 Å². The summed E-state index contributed by atoms with van der Waals surface area (Å²) in [5.74, 6) is 0. The van der Waals surface area contributed by atoms with Crippen molar-refractivity contribution in [1.82, 2.24) is 9.55 Å². The molecular weight excluding hydrogens is 292 g/mol. The lowest BCUT2D eigenvalue weighted by molar-refractivity contribution is 0.733. The molecule has 0 radical (unpaired) electrons. The standard InChI is InChI=1S/C18H16N2OS/c21-17-16(11-14-7-3-1-4-8-14)13-20(18(22)19-17)12-15-9-5-2-6-10-15/h1-10,13H,11-12H2,(H,19,21,22). The average Bonchev–Trinajstić information content (AvgIpc) is 2.54. The molecule has 1 N–H and O–H groups in total. The molecule has 2 aromatic carbocycles. The maximum Gasteiger partial charge on any atom is 0.255 e. The molecule has 3 rings (SSSR count). The second kappa shape index (κ2) is 6.54. The van der Waals surface area contributed by atoms with Gasteiger partial charge >= 0.3 is 0 Å². The van der Waals surface area contributed by atoms with E-state index in [1.807, 2.05) is 71.4 Å². The highest BCUT2D eigenvalue weighted by Crippen LogP contribution is 2.07. The lowest BCUT2D eigenvalue weighted by Gasteiger charge is -2.09. The number of nitrogens with zero attached hydrogens (tertiary/aromatic N) is 1. The monoisotopic (exact) mass is 308 g/mol. The van der Waals surface area contributed by atoms with E-state index in [9.17, 15) is 4.79 Å². The lowest BCUT2D eigenvalue weighted by Crippen LogP contribution is -2.18. The molecule has 22 heavy (non-hydrogen) atoms. The van der Waals surface area contributed by atoms with Gasteiger partial charge in [-0.05, 0) is 23.3 Å². The van der Waals surface area contributed by atoms with Crippen LogP contribution in [0.1, 0.15) is 16.7 Å². The fraction of sp³-hybridized carbons (Fsp3) is 0.111. The average molecular weight is 308 g/mol. The number of benzene rings is 2. The Kier molecular flexibility index (Phi) is 4.30. The molecular formula is C18H16N2OS. The molecule has 0 fully saturated rings. The summed E-state index contributed by atoms with van der Waals surface area (Å²) in [4.78, 5) is 14.9. The van der Waals surface area contributed by atoms with Crippen LogP contribution in [0.15, 0.2) is 71.7 Å². The highest BCUT2D eigenvalue weighted by atomic mass is 32.1. The van der Waals surface area contributed by atoms with Crippen molar-refractivity contribution in [3.63, 3.8) is 0 Å². The largest absolute Gasteiger partial charge is 0.320 e. The van der Waals surface area contributed by atoms with E-state index < -0.39 is 0 Å². The van der Waals surface area contributed by atoms with Crippen molar-refractivity contribution in [2.45, 2.75) is 13.0 Å². The van der Waals surface area contributed by atoms with E-state index in [1.165, 1.54) is 0 Å². The zero-order valence-corrected chi connectivity index (χ0v) is 12.8. The molecule has 0 bridgehead atoms. The van der Waals surface area contributed by atoms with Gasteiger partial charge in [-0.25, -0.2) is 0 Å². The molecule has 3 nitrogen and oxygen atoms in total. The van der Waals surface area contributed by atoms with Crippen LogP contribution < -0.4 is 5.56 Å². The predicted molar refractivity (Wildman–Crippen MR) is 90.7 cm³/mol. The summed E-state index contributed by atoms with van der Waals surface area (Å²) in [6.45, 7) is 0.651. The molecule has 0 amide bonds. The van der Waals surface area contributed by atoms with E-state index in [4.69, 9.17) is 12.2 Å². The highest BCUT2D eigenvalue weighted by molar-refractivity contribution is 7.71. The molecule has 1 aromatic heterocycles. The van der Waals surface area contributed by atoms with Crippen LogP contribution in [0.5, 0.6) is 0 Å². The summed E-state index contributed by atoms with van der Waals surface area (Å²) in [5.41, 5.74) is 2.86. The number of aromatic nitrogens is 2. The predicted octanol–water partition coefficient (Wildman–Crippen LogP) is 3.54. The van der Waals surface area contributed by atoms with Crippen molar-refractivity contribution >= 4 is 12.2 Å². The zero-order valence-electron chi connectivity index (χ0n) is 12.0. The van der Waals surface area contributed by atoms with Gasteiger partial charge in [-0.1, -0.05) is 60.7 Å². The number of hydrogen-bond donors (Lipinski definition) is 1. The van der Waals surface area contributed by atoms with Gasteiger partial charge < -0.3 is 4.57 Å². The van der Waals surface area contributed by atoms with E-state index in [0.29, 0.717) is 17.7 Å². The van der Waals surface area contributed by atoms with Crippen LogP contribution in [-0.2, 0) is 13.0 Å². The Morgan fingerprint density at radius 1 is 0.909 bits per heavy atom. The molecule has 0 aliphatic carbocycles. The summed E-state index contributed by atoms with van der Waals surface area (Å²) < 4.78 is 2.36. The Morgan fingerprint density at radius 3 is 2.14 bits per heavy atom. The number of aromatic amines is 1. The first-order chi connectivity index (χ1) is 10.7. The number of nitrogens with one attached hydrogen (secondary N) is 1. The van der Waals surface area contributed by atoms with Crippen LogP contribution in [0, 0.1) is 4.77 Å². The van der Waals surface area contributed by atoms with Gasteiger partial charge in [0.2, 0.25) is 0 Å². The van der Waals surface area contributed by atoms with Crippen molar-refractivity contribution in [3.05, 3.63) is 98.7 Å². The summed E-state index contributed by atoms with van der Waals surface area (Å²) in [7, 11) is 0. The molecule has 0 spiro atoms. The number of H-pyrrole nitrogens is 1. The van der Waals surface area contributed by atoms with Crippen molar-refractivity contribution < 1.29 is 0 Å². The van der Waals surface area contributed by atoms with Gasteiger partial charge in [0.15, 0.2) is 4.77 Å². The molecule has 3 aromatic rings. The summed E-state index contributed by atoms with van der Waals surface area (Å²) in [6, 6.07) is 20.0. The first kappa shape index (κ1) is 14.5. The van der Waals surface area contributed by atoms with Crippen LogP contribution in [0.3, 0.4) is 0 Å². The van der Waals surface area contributed by atoms with E-state index in [-0.39, 0.29) is 5.56 Å². The first-order valence-corrected chi connectivity index (χ1v) is 7.54. The van der Waals surface area contributed by atoms with Crippen LogP contribution in [0.25, 0.3) is 0 Å². The second-order valence-corrected chi connectivity index (χ2v) is 5.58. The molecule has 1 heterocycles. The minimum atomic E-state index is -0.113. The summed E-state index contributed by atoms with van der Waals surface area (Å²) in [6.07, 6.45) is 2.46. The van der Waals surface area contributed by atoms with Gasteiger partial charge in [0.05, 0.1) is 0 Å². The number of rotatable bonds is 4. The van der Waals surface area contributed by atoms with Crippen LogP contribution in [-0.4, -0.2) is 9.55 Å². The Bertz CT molecular complexity index is 796. The van der Waals surface area contributed by atoms with Crippen molar-refractivity contribution in [1.29, 1.82) is 0 Å². The molecule has 110 valence electrons. The Labute approximate surface area is 133 Å².